The van der Waals surface area contributed by atoms with Gasteiger partial charge in [-0.15, -0.1) is 0 Å². The highest BCUT2D eigenvalue weighted by molar-refractivity contribution is 5.65. The molecular formula is C35H50F2. The van der Waals surface area contributed by atoms with Crippen LogP contribution in [0.3, 0.4) is 0 Å². The number of aryl methyl sites for hydroxylation is 2. The van der Waals surface area contributed by atoms with Crippen LogP contribution in [0.5, 0.6) is 0 Å². The van der Waals surface area contributed by atoms with Gasteiger partial charge in [0.2, 0.25) is 0 Å². The second-order valence-corrected chi connectivity index (χ2v) is 11.4. The first-order valence-corrected chi connectivity index (χ1v) is 15.3. The van der Waals surface area contributed by atoms with Crippen LogP contribution in [-0.2, 0) is 12.8 Å². The fourth-order valence-corrected chi connectivity index (χ4v) is 5.88. The molecule has 2 heteroatoms. The molecule has 0 N–H and O–H groups in total. The van der Waals surface area contributed by atoms with E-state index in [1.807, 2.05) is 18.2 Å². The van der Waals surface area contributed by atoms with Crippen molar-refractivity contribution in [2.24, 2.45) is 11.8 Å². The van der Waals surface area contributed by atoms with Crippen LogP contribution in [0.2, 0.25) is 0 Å². The number of rotatable bonds is 16. The van der Waals surface area contributed by atoms with Crippen molar-refractivity contribution in [3.63, 3.8) is 0 Å². The summed E-state index contributed by atoms with van der Waals surface area (Å²) in [6, 6.07) is 11.6. The van der Waals surface area contributed by atoms with Gasteiger partial charge in [-0.2, -0.15) is 0 Å². The Balaban J connectivity index is 1.45. The summed E-state index contributed by atoms with van der Waals surface area (Å²) in [7, 11) is 0. The third kappa shape index (κ3) is 10.0. The average Bonchev–Trinajstić information content (AvgIpc) is 2.92. The predicted octanol–water partition coefficient (Wildman–Crippen LogP) is 11.4. The molecule has 1 aliphatic carbocycles. The molecule has 0 amide bonds. The first-order valence-electron chi connectivity index (χ1n) is 15.3. The molecule has 0 nitrogen and oxygen atoms in total. The van der Waals surface area contributed by atoms with Gasteiger partial charge in [0.05, 0.1) is 0 Å². The number of benzene rings is 2. The van der Waals surface area contributed by atoms with Gasteiger partial charge >= 0.3 is 0 Å². The fraction of sp³-hybridized carbons (Fsp3) is 0.600. The van der Waals surface area contributed by atoms with E-state index in [2.05, 4.69) is 38.1 Å². The zero-order valence-electron chi connectivity index (χ0n) is 23.6. The molecule has 2 aromatic carbocycles. The Kier molecular flexibility index (Phi) is 13.4. The summed E-state index contributed by atoms with van der Waals surface area (Å²) in [5, 5.41) is 0. The van der Waals surface area contributed by atoms with Gasteiger partial charge in [-0.05, 0) is 73.5 Å². The second kappa shape index (κ2) is 16.8. The standard InChI is InChI=1S/C35H50F2/c1-3-5-7-8-9-10-11-13-15-29-20-23-31(24-21-29)33-27-26-32(34(36)35(33)37)25-22-30-18-16-28(17-19-30)14-12-6-4-2/h9-10,20-21,23-24,26-28,30H,3-8,11-19,22,25H2,1-2H3/b10-9+. The van der Waals surface area contributed by atoms with Crippen molar-refractivity contribution in [1.29, 1.82) is 0 Å². The van der Waals surface area contributed by atoms with Gasteiger partial charge in [0, 0.05) is 5.56 Å². The third-order valence-electron chi connectivity index (χ3n) is 8.41. The molecule has 204 valence electrons. The molecule has 0 heterocycles. The quantitative estimate of drug-likeness (QED) is 0.156. The summed E-state index contributed by atoms with van der Waals surface area (Å²) in [5.74, 6) is 0.201. The van der Waals surface area contributed by atoms with Gasteiger partial charge < -0.3 is 0 Å². The van der Waals surface area contributed by atoms with Crippen molar-refractivity contribution in [3.8, 4) is 11.1 Å². The molecule has 0 spiro atoms. The topological polar surface area (TPSA) is 0 Å². The van der Waals surface area contributed by atoms with E-state index < -0.39 is 11.6 Å². The molecule has 0 bridgehead atoms. The smallest absolute Gasteiger partial charge is 0.166 e. The lowest BCUT2D eigenvalue weighted by molar-refractivity contribution is 0.248. The Hall–Kier alpha value is -1.96. The fourth-order valence-electron chi connectivity index (χ4n) is 5.88. The summed E-state index contributed by atoms with van der Waals surface area (Å²) in [6.45, 7) is 4.50. The maximum Gasteiger partial charge on any atom is 0.166 e. The normalized spacial score (nSPS) is 18.1. The molecule has 1 aliphatic rings. The molecule has 2 aromatic rings. The van der Waals surface area contributed by atoms with Gasteiger partial charge in [0.1, 0.15) is 0 Å². The first kappa shape index (κ1) is 29.6. The number of hydrogen-bond acceptors (Lipinski definition) is 0. The lowest BCUT2D eigenvalue weighted by Gasteiger charge is -2.28. The average molecular weight is 509 g/mol. The van der Waals surface area contributed by atoms with Crippen molar-refractivity contribution in [1.82, 2.24) is 0 Å². The van der Waals surface area contributed by atoms with Crippen molar-refractivity contribution in [2.75, 3.05) is 0 Å². The van der Waals surface area contributed by atoms with Crippen LogP contribution in [0.15, 0.2) is 48.6 Å². The molecule has 1 fully saturated rings. The molecule has 0 aliphatic heterocycles. The van der Waals surface area contributed by atoms with E-state index in [-0.39, 0.29) is 0 Å². The largest absolute Gasteiger partial charge is 0.203 e. The molecular weight excluding hydrogens is 458 g/mol. The zero-order valence-corrected chi connectivity index (χ0v) is 23.6. The number of halogens is 2. The van der Waals surface area contributed by atoms with E-state index in [1.54, 1.807) is 6.07 Å². The third-order valence-corrected chi connectivity index (χ3v) is 8.41. The van der Waals surface area contributed by atoms with Crippen LogP contribution < -0.4 is 0 Å². The van der Waals surface area contributed by atoms with Crippen LogP contribution >= 0.6 is 0 Å². The highest BCUT2D eigenvalue weighted by Gasteiger charge is 2.22. The Morgan fingerprint density at radius 2 is 1.27 bits per heavy atom. The van der Waals surface area contributed by atoms with Gasteiger partial charge in [0.15, 0.2) is 11.6 Å². The van der Waals surface area contributed by atoms with Crippen LogP contribution in [0.4, 0.5) is 8.78 Å². The molecule has 0 aromatic heterocycles. The van der Waals surface area contributed by atoms with Crippen molar-refractivity contribution < 1.29 is 8.78 Å². The SMILES string of the molecule is CCCCC/C=C/CCCc1ccc(-c2ccc(CCC3CCC(CCCCC)CC3)c(F)c2F)cc1. The minimum absolute atomic E-state index is 0.371. The Morgan fingerprint density at radius 1 is 0.649 bits per heavy atom. The van der Waals surface area contributed by atoms with Gasteiger partial charge in [0.25, 0.3) is 0 Å². The molecule has 0 saturated heterocycles. The van der Waals surface area contributed by atoms with Crippen LogP contribution in [-0.4, -0.2) is 0 Å². The van der Waals surface area contributed by atoms with E-state index >= 15 is 4.39 Å². The number of hydrogen-bond donors (Lipinski definition) is 0. The molecule has 1 saturated carbocycles. The Morgan fingerprint density at radius 3 is 1.95 bits per heavy atom. The second-order valence-electron chi connectivity index (χ2n) is 11.4. The van der Waals surface area contributed by atoms with Crippen LogP contribution in [0.25, 0.3) is 11.1 Å². The minimum atomic E-state index is -0.696. The van der Waals surface area contributed by atoms with Crippen LogP contribution in [0, 0.1) is 23.5 Å². The summed E-state index contributed by atoms with van der Waals surface area (Å²) >= 11 is 0. The molecule has 0 radical (unpaired) electrons. The number of unbranched alkanes of at least 4 members (excludes halogenated alkanes) is 6. The van der Waals surface area contributed by atoms with E-state index in [9.17, 15) is 4.39 Å². The summed E-state index contributed by atoms with van der Waals surface area (Å²) < 4.78 is 30.0. The lowest BCUT2D eigenvalue weighted by Crippen LogP contribution is -2.15. The van der Waals surface area contributed by atoms with Crippen LogP contribution in [0.1, 0.15) is 121 Å². The van der Waals surface area contributed by atoms with Gasteiger partial charge in [-0.1, -0.05) is 127 Å². The number of allylic oxidation sites excluding steroid dienone is 2. The Labute approximate surface area is 226 Å². The van der Waals surface area contributed by atoms with E-state index in [0.29, 0.717) is 23.5 Å². The Bertz CT molecular complexity index is 919. The van der Waals surface area contributed by atoms with E-state index in [4.69, 9.17) is 0 Å². The monoisotopic (exact) mass is 508 g/mol. The first-order chi connectivity index (χ1) is 18.1. The summed E-state index contributed by atoms with van der Waals surface area (Å²) in [6.07, 6.45) is 25.0. The predicted molar refractivity (Wildman–Crippen MR) is 156 cm³/mol. The maximum absolute atomic E-state index is 15.0. The van der Waals surface area contributed by atoms with Crippen molar-refractivity contribution in [3.05, 3.63) is 71.3 Å². The van der Waals surface area contributed by atoms with E-state index in [1.165, 1.54) is 82.6 Å². The van der Waals surface area contributed by atoms with Gasteiger partial charge in [-0.3, -0.25) is 0 Å². The molecule has 0 unspecified atom stereocenters. The zero-order chi connectivity index (χ0) is 26.3. The highest BCUT2D eigenvalue weighted by Crippen LogP contribution is 2.35. The van der Waals surface area contributed by atoms with Gasteiger partial charge in [-0.25, -0.2) is 8.78 Å². The van der Waals surface area contributed by atoms with Crippen molar-refractivity contribution in [2.45, 2.75) is 123 Å². The summed E-state index contributed by atoms with van der Waals surface area (Å²) in [4.78, 5) is 0. The minimum Gasteiger partial charge on any atom is -0.203 e. The maximum atomic E-state index is 15.0. The molecule has 3 rings (SSSR count). The summed E-state index contributed by atoms with van der Waals surface area (Å²) in [5.41, 5.74) is 2.91. The van der Waals surface area contributed by atoms with E-state index in [0.717, 1.165) is 37.2 Å². The molecule has 37 heavy (non-hydrogen) atoms. The van der Waals surface area contributed by atoms with Crippen molar-refractivity contribution >= 4 is 0 Å². The molecule has 0 atom stereocenters. The highest BCUT2D eigenvalue weighted by atomic mass is 19.2. The lowest BCUT2D eigenvalue weighted by atomic mass is 9.77.